The van der Waals surface area contributed by atoms with Crippen molar-refractivity contribution in [2.75, 3.05) is 5.73 Å². The molecule has 1 heterocycles. The van der Waals surface area contributed by atoms with Gasteiger partial charge >= 0.3 is 0 Å². The summed E-state index contributed by atoms with van der Waals surface area (Å²) in [7, 11) is 0. The number of amides is 1. The topological polar surface area (TPSA) is 112 Å². The van der Waals surface area contributed by atoms with E-state index in [9.17, 15) is 9.59 Å². The zero-order chi connectivity index (χ0) is 17.1. The van der Waals surface area contributed by atoms with Gasteiger partial charge in [0.25, 0.3) is 0 Å². The van der Waals surface area contributed by atoms with Crippen LogP contribution in [-0.2, 0) is 0 Å². The van der Waals surface area contributed by atoms with E-state index in [4.69, 9.17) is 11.5 Å². The van der Waals surface area contributed by atoms with E-state index in [0.717, 1.165) is 17.4 Å². The number of benzene rings is 2. The third kappa shape index (κ3) is 2.98. The Bertz CT molecular complexity index is 903. The molecule has 3 aromatic rings. The van der Waals surface area contributed by atoms with Crippen molar-refractivity contribution in [3.05, 3.63) is 65.9 Å². The Morgan fingerprint density at radius 2 is 1.58 bits per heavy atom. The number of nitrogens with two attached hydrogens (primary N) is 2. The lowest BCUT2D eigenvalue weighted by molar-refractivity contribution is 0.1000. The zero-order valence-electron chi connectivity index (χ0n) is 12.6. The first-order valence-corrected chi connectivity index (χ1v) is 7.17. The molecule has 0 aliphatic rings. The molecular weight excluding hydrogens is 304 g/mol. The number of nitrogen functional groups attached to an aromatic ring is 1. The van der Waals surface area contributed by atoms with E-state index in [0.29, 0.717) is 28.3 Å². The summed E-state index contributed by atoms with van der Waals surface area (Å²) in [4.78, 5) is 30.6. The van der Waals surface area contributed by atoms with Crippen LogP contribution in [0.2, 0.25) is 0 Å². The third-order valence-electron chi connectivity index (χ3n) is 3.59. The van der Waals surface area contributed by atoms with Gasteiger partial charge < -0.3 is 11.5 Å². The Morgan fingerprint density at radius 3 is 2.17 bits per heavy atom. The predicted molar refractivity (Wildman–Crippen MR) is 91.2 cm³/mol. The van der Waals surface area contributed by atoms with Gasteiger partial charge in [0, 0.05) is 22.3 Å². The Hall–Kier alpha value is -3.54. The van der Waals surface area contributed by atoms with Crippen LogP contribution in [0.4, 0.5) is 5.82 Å². The second-order valence-electron chi connectivity index (χ2n) is 5.17. The minimum atomic E-state index is -0.485. The molecule has 24 heavy (non-hydrogen) atoms. The van der Waals surface area contributed by atoms with Crippen molar-refractivity contribution in [2.24, 2.45) is 5.73 Å². The highest BCUT2D eigenvalue weighted by molar-refractivity contribution is 5.93. The lowest BCUT2D eigenvalue weighted by Crippen LogP contribution is -2.10. The van der Waals surface area contributed by atoms with Gasteiger partial charge in [-0.3, -0.25) is 9.59 Å². The molecule has 0 saturated carbocycles. The molecule has 0 radical (unpaired) electrons. The van der Waals surface area contributed by atoms with Crippen LogP contribution in [0.15, 0.2) is 54.7 Å². The third-order valence-corrected chi connectivity index (χ3v) is 3.59. The van der Waals surface area contributed by atoms with E-state index >= 15 is 0 Å². The quantitative estimate of drug-likeness (QED) is 0.717. The first-order chi connectivity index (χ1) is 11.6. The van der Waals surface area contributed by atoms with Gasteiger partial charge in [0.05, 0.1) is 11.9 Å². The Kier molecular flexibility index (Phi) is 4.03. The zero-order valence-corrected chi connectivity index (χ0v) is 12.6. The minimum absolute atomic E-state index is 0.298. The van der Waals surface area contributed by atoms with Crippen LogP contribution in [0.1, 0.15) is 20.7 Å². The van der Waals surface area contributed by atoms with E-state index < -0.39 is 5.91 Å². The molecule has 118 valence electrons. The number of hydrogen-bond acceptors (Lipinski definition) is 5. The SMILES string of the molecule is NC(=O)c1ccc(-c2cnc(N)c(-c3ccc(C=O)cc3)n2)cc1. The fraction of sp³-hybridized carbons (Fsp3) is 0. The molecule has 0 bridgehead atoms. The van der Waals surface area contributed by atoms with Gasteiger partial charge in [0.1, 0.15) is 17.8 Å². The second-order valence-corrected chi connectivity index (χ2v) is 5.17. The summed E-state index contributed by atoms with van der Waals surface area (Å²) in [6.45, 7) is 0. The van der Waals surface area contributed by atoms with Crippen LogP contribution in [0, 0.1) is 0 Å². The van der Waals surface area contributed by atoms with E-state index in [-0.39, 0.29) is 0 Å². The number of anilines is 1. The molecule has 6 nitrogen and oxygen atoms in total. The summed E-state index contributed by atoms with van der Waals surface area (Å²) in [6.07, 6.45) is 2.34. The van der Waals surface area contributed by atoms with Gasteiger partial charge in [-0.1, -0.05) is 36.4 Å². The average molecular weight is 318 g/mol. The summed E-state index contributed by atoms with van der Waals surface area (Å²) in [5, 5.41) is 0. The molecule has 4 N–H and O–H groups in total. The molecule has 0 atom stereocenters. The molecule has 2 aromatic carbocycles. The lowest BCUT2D eigenvalue weighted by Gasteiger charge is -2.08. The Balaban J connectivity index is 2.01. The van der Waals surface area contributed by atoms with Crippen LogP contribution in [0.3, 0.4) is 0 Å². The van der Waals surface area contributed by atoms with E-state index in [1.54, 1.807) is 54.7 Å². The first kappa shape index (κ1) is 15.4. The molecule has 6 heteroatoms. The highest BCUT2D eigenvalue weighted by Crippen LogP contribution is 2.26. The van der Waals surface area contributed by atoms with Gasteiger partial charge in [-0.05, 0) is 12.1 Å². The van der Waals surface area contributed by atoms with Gasteiger partial charge in [-0.25, -0.2) is 9.97 Å². The second kappa shape index (κ2) is 6.29. The molecular formula is C18H14N4O2. The number of primary amides is 1. The lowest BCUT2D eigenvalue weighted by atomic mass is 10.1. The number of rotatable bonds is 4. The number of nitrogens with zero attached hydrogens (tertiary/aromatic N) is 2. The van der Waals surface area contributed by atoms with Crippen LogP contribution < -0.4 is 11.5 Å². The maximum Gasteiger partial charge on any atom is 0.248 e. The molecule has 3 rings (SSSR count). The Labute approximate surface area is 138 Å². The summed E-state index contributed by atoms with van der Waals surface area (Å²) >= 11 is 0. The van der Waals surface area contributed by atoms with Crippen LogP contribution >= 0.6 is 0 Å². The normalized spacial score (nSPS) is 10.3. The monoisotopic (exact) mass is 318 g/mol. The largest absolute Gasteiger partial charge is 0.382 e. The van der Waals surface area contributed by atoms with Gasteiger partial charge in [-0.15, -0.1) is 0 Å². The summed E-state index contributed by atoms with van der Waals surface area (Å²) in [5.74, 6) is -0.188. The molecule has 0 unspecified atom stereocenters. The molecule has 0 spiro atoms. The number of carbonyl (C=O) groups excluding carboxylic acids is 2. The van der Waals surface area contributed by atoms with Crippen LogP contribution in [0.25, 0.3) is 22.5 Å². The molecule has 1 aromatic heterocycles. The highest BCUT2D eigenvalue weighted by Gasteiger charge is 2.10. The Morgan fingerprint density at radius 1 is 0.958 bits per heavy atom. The fourth-order valence-corrected chi connectivity index (χ4v) is 2.27. The van der Waals surface area contributed by atoms with Gasteiger partial charge in [0.15, 0.2) is 0 Å². The fourth-order valence-electron chi connectivity index (χ4n) is 2.27. The predicted octanol–water partition coefficient (Wildman–Crippen LogP) is 2.30. The average Bonchev–Trinajstić information content (AvgIpc) is 2.62. The first-order valence-electron chi connectivity index (χ1n) is 7.17. The smallest absolute Gasteiger partial charge is 0.248 e. The standard InChI is InChI=1S/C18H14N4O2/c19-17-16(13-3-1-11(10-23)2-4-13)22-15(9-21-17)12-5-7-14(8-6-12)18(20)24/h1-10H,(H2,19,21)(H2,20,24). The van der Waals surface area contributed by atoms with Crippen molar-refractivity contribution in [1.82, 2.24) is 9.97 Å². The number of aromatic nitrogens is 2. The number of aldehydes is 1. The molecule has 0 aliphatic heterocycles. The van der Waals surface area contributed by atoms with Crippen molar-refractivity contribution >= 4 is 18.0 Å². The van der Waals surface area contributed by atoms with E-state index in [1.807, 2.05) is 0 Å². The molecule has 0 saturated heterocycles. The van der Waals surface area contributed by atoms with E-state index in [1.165, 1.54) is 0 Å². The van der Waals surface area contributed by atoms with Crippen LogP contribution in [0.5, 0.6) is 0 Å². The van der Waals surface area contributed by atoms with Gasteiger partial charge in [-0.2, -0.15) is 0 Å². The van der Waals surface area contributed by atoms with Crippen LogP contribution in [-0.4, -0.2) is 22.2 Å². The van der Waals surface area contributed by atoms with Crippen molar-refractivity contribution in [3.63, 3.8) is 0 Å². The highest BCUT2D eigenvalue weighted by atomic mass is 16.1. The molecule has 1 amide bonds. The molecule has 0 fully saturated rings. The summed E-state index contributed by atoms with van der Waals surface area (Å²) in [5.41, 5.74) is 14.9. The summed E-state index contributed by atoms with van der Waals surface area (Å²) < 4.78 is 0. The molecule has 0 aliphatic carbocycles. The summed E-state index contributed by atoms with van der Waals surface area (Å²) in [6, 6.07) is 13.7. The number of hydrogen-bond donors (Lipinski definition) is 2. The maximum atomic E-state index is 11.1. The van der Waals surface area contributed by atoms with Crippen molar-refractivity contribution in [2.45, 2.75) is 0 Å². The number of carbonyl (C=O) groups is 2. The van der Waals surface area contributed by atoms with E-state index in [2.05, 4.69) is 9.97 Å². The van der Waals surface area contributed by atoms with Crippen molar-refractivity contribution in [3.8, 4) is 22.5 Å². The van der Waals surface area contributed by atoms with Crippen molar-refractivity contribution in [1.29, 1.82) is 0 Å². The van der Waals surface area contributed by atoms with Crippen molar-refractivity contribution < 1.29 is 9.59 Å². The maximum absolute atomic E-state index is 11.1. The minimum Gasteiger partial charge on any atom is -0.382 e. The van der Waals surface area contributed by atoms with Gasteiger partial charge in [0.2, 0.25) is 5.91 Å².